The molecule has 0 bridgehead atoms. The molecule has 0 heterocycles. The van der Waals surface area contributed by atoms with Crippen LogP contribution >= 0.6 is 23.5 Å². The van der Waals surface area contributed by atoms with Gasteiger partial charge in [0.05, 0.1) is 53.4 Å². The van der Waals surface area contributed by atoms with Gasteiger partial charge in [0.15, 0.2) is 0 Å². The van der Waals surface area contributed by atoms with Crippen molar-refractivity contribution >= 4 is 35.5 Å². The van der Waals surface area contributed by atoms with Gasteiger partial charge in [0.25, 0.3) is 0 Å². The Morgan fingerprint density at radius 2 is 1.11 bits per heavy atom. The zero-order valence-electron chi connectivity index (χ0n) is 18.9. The van der Waals surface area contributed by atoms with Gasteiger partial charge in [-0.05, 0) is 36.8 Å². The highest BCUT2D eigenvalue weighted by molar-refractivity contribution is 7.99. The van der Waals surface area contributed by atoms with Gasteiger partial charge in [0.1, 0.15) is 11.5 Å². The summed E-state index contributed by atoms with van der Waals surface area (Å²) in [5.74, 6) is -2.87. The molecule has 0 saturated heterocycles. The van der Waals surface area contributed by atoms with Crippen LogP contribution < -0.4 is 9.47 Å². The topological polar surface area (TPSA) is 82.1 Å². The Morgan fingerprint density at radius 3 is 1.40 bits per heavy atom. The van der Waals surface area contributed by atoms with E-state index in [1.807, 2.05) is 0 Å². The summed E-state index contributed by atoms with van der Waals surface area (Å²) in [5.41, 5.74) is -2.64. The summed E-state index contributed by atoms with van der Waals surface area (Å²) < 4.78 is 90.6. The Hall–Kier alpha value is -2.74. The Bertz CT molecular complexity index is 1070. The van der Waals surface area contributed by atoms with Crippen molar-refractivity contribution in [2.24, 2.45) is 0 Å². The molecule has 0 aliphatic rings. The summed E-state index contributed by atoms with van der Waals surface area (Å²) in [6.07, 6.45) is -6.11. The Kier molecular flexibility index (Phi) is 10.6. The molecule has 0 unspecified atom stereocenters. The summed E-state index contributed by atoms with van der Waals surface area (Å²) >= 11 is 2.05. The quantitative estimate of drug-likeness (QED) is 0.255. The van der Waals surface area contributed by atoms with Gasteiger partial charge in [0.2, 0.25) is 0 Å². The summed E-state index contributed by atoms with van der Waals surface area (Å²) in [4.78, 5) is 22.4. The first-order valence-electron chi connectivity index (χ1n) is 9.14. The third-order valence-corrected chi connectivity index (χ3v) is 5.72. The number of aromatic carboxylic acids is 1. The SMILES string of the molecule is COC(=O)c1cc(SC)c(OC)c(C(F)(F)F)c1.COc1c(SC)cc(C(=O)O)cc1C(F)(F)F. The molecule has 2 rings (SSSR count). The van der Waals surface area contributed by atoms with E-state index in [0.717, 1.165) is 57.0 Å². The smallest absolute Gasteiger partial charge is 0.420 e. The first-order valence-corrected chi connectivity index (χ1v) is 11.6. The molecule has 0 aromatic heterocycles. The second-order valence-electron chi connectivity index (χ2n) is 6.31. The highest BCUT2D eigenvalue weighted by Crippen LogP contribution is 2.43. The molecule has 14 heteroatoms. The van der Waals surface area contributed by atoms with Crippen molar-refractivity contribution in [1.29, 1.82) is 0 Å². The normalized spacial score (nSPS) is 11.3. The lowest BCUT2D eigenvalue weighted by Crippen LogP contribution is -2.11. The molecule has 2 aromatic rings. The second kappa shape index (κ2) is 12.3. The molecule has 35 heavy (non-hydrogen) atoms. The number of hydrogen-bond acceptors (Lipinski definition) is 7. The first kappa shape index (κ1) is 30.3. The second-order valence-corrected chi connectivity index (χ2v) is 8.01. The molecule has 0 amide bonds. The van der Waals surface area contributed by atoms with Crippen LogP contribution in [0.5, 0.6) is 11.5 Å². The van der Waals surface area contributed by atoms with Crippen molar-refractivity contribution in [2.75, 3.05) is 33.8 Å². The number of ether oxygens (including phenoxy) is 3. The van der Waals surface area contributed by atoms with Gasteiger partial charge in [0, 0.05) is 0 Å². The minimum Gasteiger partial charge on any atom is -0.495 e. The Labute approximate surface area is 204 Å². The van der Waals surface area contributed by atoms with Crippen molar-refractivity contribution < 1.29 is 55.2 Å². The van der Waals surface area contributed by atoms with Crippen LogP contribution in [0.3, 0.4) is 0 Å². The third-order valence-electron chi connectivity index (χ3n) is 4.24. The number of methoxy groups -OCH3 is 3. The van der Waals surface area contributed by atoms with E-state index >= 15 is 0 Å². The maximum absolute atomic E-state index is 12.9. The lowest BCUT2D eigenvalue weighted by Gasteiger charge is -2.16. The van der Waals surface area contributed by atoms with Crippen LogP contribution in [0, 0.1) is 0 Å². The number of rotatable bonds is 6. The van der Waals surface area contributed by atoms with Crippen LogP contribution in [0.2, 0.25) is 0 Å². The highest BCUT2D eigenvalue weighted by atomic mass is 32.2. The molecule has 0 aliphatic carbocycles. The van der Waals surface area contributed by atoms with Gasteiger partial charge in [-0.1, -0.05) is 0 Å². The van der Waals surface area contributed by atoms with E-state index in [1.165, 1.54) is 6.07 Å². The van der Waals surface area contributed by atoms with Gasteiger partial charge in [-0.2, -0.15) is 26.3 Å². The van der Waals surface area contributed by atoms with Gasteiger partial charge < -0.3 is 19.3 Å². The number of halogens is 6. The molecule has 0 radical (unpaired) electrons. The molecule has 2 aromatic carbocycles. The molecule has 0 spiro atoms. The Morgan fingerprint density at radius 1 is 0.743 bits per heavy atom. The van der Waals surface area contributed by atoms with Crippen LogP contribution in [-0.2, 0) is 17.1 Å². The minimum atomic E-state index is -4.65. The number of alkyl halides is 6. The third kappa shape index (κ3) is 7.62. The van der Waals surface area contributed by atoms with E-state index in [-0.39, 0.29) is 26.9 Å². The number of hydrogen-bond donors (Lipinski definition) is 1. The number of carbonyl (C=O) groups is 2. The fourth-order valence-electron chi connectivity index (χ4n) is 2.71. The largest absolute Gasteiger partial charge is 0.495 e. The summed E-state index contributed by atoms with van der Waals surface area (Å²) in [6, 6.07) is 3.76. The van der Waals surface area contributed by atoms with Crippen LogP contribution in [0.15, 0.2) is 34.1 Å². The molecule has 0 fully saturated rings. The molecule has 1 N–H and O–H groups in total. The predicted molar refractivity (Wildman–Crippen MR) is 118 cm³/mol. The van der Waals surface area contributed by atoms with Crippen LogP contribution in [0.4, 0.5) is 26.3 Å². The van der Waals surface area contributed by atoms with Gasteiger partial charge in [-0.25, -0.2) is 9.59 Å². The predicted octanol–water partition coefficient (Wildman–Crippen LogP) is 6.36. The maximum Gasteiger partial charge on any atom is 0.420 e. The number of esters is 1. The molecule has 0 aliphatic heterocycles. The molecule has 0 saturated carbocycles. The van der Waals surface area contributed by atoms with Crippen molar-refractivity contribution in [2.45, 2.75) is 22.1 Å². The summed E-state index contributed by atoms with van der Waals surface area (Å²) in [6.45, 7) is 0. The molecule has 6 nitrogen and oxygen atoms in total. The highest BCUT2D eigenvalue weighted by Gasteiger charge is 2.37. The number of carboxylic acids is 1. The van der Waals surface area contributed by atoms with E-state index in [2.05, 4.69) is 4.74 Å². The number of benzene rings is 2. The average Bonchev–Trinajstić information content (AvgIpc) is 2.80. The van der Waals surface area contributed by atoms with Crippen LogP contribution in [0.25, 0.3) is 0 Å². The Balaban J connectivity index is 0.000000351. The average molecular weight is 547 g/mol. The van der Waals surface area contributed by atoms with Crippen molar-refractivity contribution in [1.82, 2.24) is 0 Å². The van der Waals surface area contributed by atoms with Crippen molar-refractivity contribution in [3.8, 4) is 11.5 Å². The monoisotopic (exact) mass is 546 g/mol. The lowest BCUT2D eigenvalue weighted by molar-refractivity contribution is -0.139. The van der Waals surface area contributed by atoms with E-state index in [0.29, 0.717) is 6.07 Å². The zero-order valence-corrected chi connectivity index (χ0v) is 20.5. The van der Waals surface area contributed by atoms with Gasteiger partial charge in [-0.15, -0.1) is 23.5 Å². The van der Waals surface area contributed by atoms with Crippen molar-refractivity contribution in [3.05, 3.63) is 46.5 Å². The summed E-state index contributed by atoms with van der Waals surface area (Å²) in [5, 5.41) is 8.74. The standard InChI is InChI=1S/C11H11F3O3S.C10H9F3O3S/c1-16-9-7(11(12,13)14)4-6(10(15)17-2)5-8(9)18-3;1-16-8-6(10(11,12)13)3-5(9(14)15)4-7(8)17-2/h4-5H,1-3H3;3-4H,1-2H3,(H,14,15). The molecule has 0 atom stereocenters. The van der Waals surface area contributed by atoms with Crippen LogP contribution in [-0.4, -0.2) is 50.9 Å². The molecule has 194 valence electrons. The van der Waals surface area contributed by atoms with E-state index in [9.17, 15) is 35.9 Å². The van der Waals surface area contributed by atoms with E-state index in [1.54, 1.807) is 12.5 Å². The maximum atomic E-state index is 12.9. The van der Waals surface area contributed by atoms with E-state index < -0.39 is 41.0 Å². The first-order chi connectivity index (χ1) is 16.2. The van der Waals surface area contributed by atoms with Crippen LogP contribution in [0.1, 0.15) is 31.8 Å². The van der Waals surface area contributed by atoms with Gasteiger partial charge >= 0.3 is 24.3 Å². The fraction of sp³-hybridized carbons (Fsp3) is 0.333. The molecular weight excluding hydrogens is 526 g/mol. The summed E-state index contributed by atoms with van der Waals surface area (Å²) in [7, 11) is 3.38. The fourth-order valence-corrected chi connectivity index (χ4v) is 3.96. The van der Waals surface area contributed by atoms with Gasteiger partial charge in [-0.3, -0.25) is 0 Å². The number of carboxylic acid groups (broad SMARTS) is 1. The van der Waals surface area contributed by atoms with E-state index in [4.69, 9.17) is 14.6 Å². The number of thioether (sulfide) groups is 2. The molecular formula is C21H20F6O6S2. The zero-order chi connectivity index (χ0) is 27.1. The minimum absolute atomic E-state index is 0.139. The van der Waals surface area contributed by atoms with Crippen molar-refractivity contribution in [3.63, 3.8) is 0 Å². The number of carbonyl (C=O) groups excluding carboxylic acids is 1. The lowest BCUT2D eigenvalue weighted by atomic mass is 10.1.